The van der Waals surface area contributed by atoms with E-state index in [0.717, 1.165) is 12.1 Å². The summed E-state index contributed by atoms with van der Waals surface area (Å²) in [5.74, 6) is -1.92. The van der Waals surface area contributed by atoms with Gasteiger partial charge in [0.1, 0.15) is 5.82 Å². The monoisotopic (exact) mass is 443 g/mol. The van der Waals surface area contributed by atoms with E-state index >= 15 is 4.39 Å². The van der Waals surface area contributed by atoms with Crippen molar-refractivity contribution < 1.29 is 27.2 Å². The predicted molar refractivity (Wildman–Crippen MR) is 109 cm³/mol. The lowest BCUT2D eigenvalue weighted by Gasteiger charge is -2.54. The van der Waals surface area contributed by atoms with Crippen LogP contribution in [0.2, 0.25) is 0 Å². The molecule has 5 nitrogen and oxygen atoms in total. The molecule has 0 bridgehead atoms. The number of nitrogens with one attached hydrogen (secondary N) is 2. The molecule has 0 radical (unpaired) electrons. The van der Waals surface area contributed by atoms with Gasteiger partial charge in [-0.3, -0.25) is 14.5 Å². The molecule has 1 spiro atoms. The summed E-state index contributed by atoms with van der Waals surface area (Å²) >= 11 is 0. The van der Waals surface area contributed by atoms with Crippen molar-refractivity contribution in [2.45, 2.75) is 64.1 Å². The Morgan fingerprint density at radius 1 is 1.10 bits per heavy atom. The first-order chi connectivity index (χ1) is 14.3. The number of carbonyl (C=O) groups is 2. The van der Waals surface area contributed by atoms with Crippen LogP contribution in [-0.2, 0) is 9.59 Å². The first-order valence-electron chi connectivity index (χ1n) is 10.4. The molecule has 1 aromatic rings. The lowest BCUT2D eigenvalue weighted by atomic mass is 9.64. The summed E-state index contributed by atoms with van der Waals surface area (Å²) in [7, 11) is 0. The van der Waals surface area contributed by atoms with Crippen molar-refractivity contribution in [2.75, 3.05) is 25.0 Å². The van der Waals surface area contributed by atoms with Crippen molar-refractivity contribution in [3.63, 3.8) is 0 Å². The van der Waals surface area contributed by atoms with Crippen molar-refractivity contribution in [1.82, 2.24) is 10.2 Å². The van der Waals surface area contributed by atoms with Gasteiger partial charge in [-0.05, 0) is 70.1 Å². The van der Waals surface area contributed by atoms with Crippen molar-refractivity contribution >= 4 is 17.5 Å². The van der Waals surface area contributed by atoms with Crippen LogP contribution in [0.25, 0.3) is 0 Å². The van der Waals surface area contributed by atoms with Crippen LogP contribution in [0, 0.1) is 11.2 Å². The molecule has 1 heterocycles. The summed E-state index contributed by atoms with van der Waals surface area (Å²) in [4.78, 5) is 26.5. The van der Waals surface area contributed by atoms with Crippen LogP contribution in [0.15, 0.2) is 18.2 Å². The predicted octanol–water partition coefficient (Wildman–Crippen LogP) is 4.20. The maximum Gasteiger partial charge on any atom is 0.264 e. The third-order valence-electron chi connectivity index (χ3n) is 5.94. The topological polar surface area (TPSA) is 61.4 Å². The highest BCUT2D eigenvalue weighted by molar-refractivity contribution is 5.97. The molecule has 1 aliphatic heterocycles. The number of hydrogen-bond acceptors (Lipinski definition) is 3. The Bertz CT molecular complexity index is 838. The SMILES string of the molecule is CC(C)(C)NC(=O)CN1CC2(CCC(F)(C(=O)Nc3cc(F)cc(C(F)F)c3)CC2)C1. The summed E-state index contributed by atoms with van der Waals surface area (Å²) in [5.41, 5.74) is -3.30. The standard InChI is InChI=1S/C22H29F4N3O2/c1-20(2,3)28-17(30)11-29-12-21(13-29)4-6-22(26,7-5-21)19(31)27-16-9-14(18(24)25)8-15(23)10-16/h8-10,18H,4-7,11-13H2,1-3H3,(H,27,31)(H,28,30). The quantitative estimate of drug-likeness (QED) is 0.671. The molecule has 1 saturated heterocycles. The number of amides is 2. The molecule has 0 atom stereocenters. The van der Waals surface area contributed by atoms with E-state index in [1.807, 2.05) is 25.7 Å². The number of hydrogen-bond donors (Lipinski definition) is 2. The van der Waals surface area contributed by atoms with E-state index < -0.39 is 29.4 Å². The molecule has 0 aromatic heterocycles. The summed E-state index contributed by atoms with van der Waals surface area (Å²) in [6.07, 6.45) is -1.93. The van der Waals surface area contributed by atoms with Crippen molar-refractivity contribution in [1.29, 1.82) is 0 Å². The second-order valence-electron chi connectivity index (χ2n) is 9.94. The number of anilines is 1. The number of nitrogens with zero attached hydrogens (tertiary/aromatic N) is 1. The van der Waals surface area contributed by atoms with Gasteiger partial charge in [-0.1, -0.05) is 0 Å². The molecule has 2 amide bonds. The molecule has 2 fully saturated rings. The number of halogens is 4. The van der Waals surface area contributed by atoms with Gasteiger partial charge >= 0.3 is 0 Å². The van der Waals surface area contributed by atoms with E-state index in [0.29, 0.717) is 32.0 Å². The Morgan fingerprint density at radius 2 is 1.71 bits per heavy atom. The summed E-state index contributed by atoms with van der Waals surface area (Å²) in [5, 5.41) is 5.17. The zero-order valence-corrected chi connectivity index (χ0v) is 18.0. The molecule has 0 unspecified atom stereocenters. The van der Waals surface area contributed by atoms with Crippen molar-refractivity contribution in [2.24, 2.45) is 5.41 Å². The molecule has 172 valence electrons. The third-order valence-corrected chi connectivity index (χ3v) is 5.94. The van der Waals surface area contributed by atoms with Crippen LogP contribution >= 0.6 is 0 Å². The van der Waals surface area contributed by atoms with Crippen LogP contribution in [0.3, 0.4) is 0 Å². The number of benzene rings is 1. The maximum absolute atomic E-state index is 15.3. The van der Waals surface area contributed by atoms with E-state index in [4.69, 9.17) is 0 Å². The molecule has 3 rings (SSSR count). The number of alkyl halides is 3. The lowest BCUT2D eigenvalue weighted by molar-refractivity contribution is -0.137. The molecule has 1 aliphatic carbocycles. The van der Waals surface area contributed by atoms with Crippen LogP contribution in [0.5, 0.6) is 0 Å². The van der Waals surface area contributed by atoms with Gasteiger partial charge in [0, 0.05) is 29.9 Å². The van der Waals surface area contributed by atoms with E-state index in [1.165, 1.54) is 0 Å². The first kappa shape index (κ1) is 23.5. The van der Waals surface area contributed by atoms with Gasteiger partial charge in [-0.2, -0.15) is 0 Å². The third kappa shape index (κ3) is 5.75. The van der Waals surface area contributed by atoms with E-state index in [-0.39, 0.29) is 41.9 Å². The van der Waals surface area contributed by atoms with E-state index in [2.05, 4.69) is 10.6 Å². The van der Waals surface area contributed by atoms with Gasteiger partial charge in [0.2, 0.25) is 5.91 Å². The average Bonchev–Trinajstić information content (AvgIpc) is 2.60. The smallest absolute Gasteiger partial charge is 0.264 e. The second kappa shape index (κ2) is 8.41. The van der Waals surface area contributed by atoms with Gasteiger partial charge in [0.05, 0.1) is 6.54 Å². The Balaban J connectivity index is 1.52. The van der Waals surface area contributed by atoms with Crippen molar-refractivity contribution in [3.05, 3.63) is 29.6 Å². The number of carbonyl (C=O) groups excluding carboxylic acids is 2. The molecule has 2 N–H and O–H groups in total. The summed E-state index contributed by atoms with van der Waals surface area (Å²) in [6.45, 7) is 7.36. The Labute approximate surface area is 179 Å². The highest BCUT2D eigenvalue weighted by Crippen LogP contribution is 2.48. The maximum atomic E-state index is 15.3. The first-order valence-corrected chi connectivity index (χ1v) is 10.4. The van der Waals surface area contributed by atoms with Gasteiger partial charge in [-0.15, -0.1) is 0 Å². The Kier molecular flexibility index (Phi) is 6.37. The van der Waals surface area contributed by atoms with Crippen molar-refractivity contribution in [3.8, 4) is 0 Å². The Hall–Kier alpha value is -2.16. The fourth-order valence-corrected chi connectivity index (χ4v) is 4.45. The average molecular weight is 443 g/mol. The highest BCUT2D eigenvalue weighted by Gasteiger charge is 2.52. The fourth-order valence-electron chi connectivity index (χ4n) is 4.45. The lowest BCUT2D eigenvalue weighted by Crippen LogP contribution is -2.62. The minimum absolute atomic E-state index is 0.00210. The van der Waals surface area contributed by atoms with Crippen LogP contribution in [-0.4, -0.2) is 47.6 Å². The van der Waals surface area contributed by atoms with Crippen LogP contribution < -0.4 is 10.6 Å². The largest absolute Gasteiger partial charge is 0.350 e. The van der Waals surface area contributed by atoms with Gasteiger partial charge < -0.3 is 10.6 Å². The minimum atomic E-state index is -2.90. The van der Waals surface area contributed by atoms with E-state index in [1.54, 1.807) is 0 Å². The van der Waals surface area contributed by atoms with Gasteiger partial charge in [0.15, 0.2) is 5.67 Å². The molecule has 1 saturated carbocycles. The van der Waals surface area contributed by atoms with Gasteiger partial charge in [0.25, 0.3) is 12.3 Å². The van der Waals surface area contributed by atoms with Gasteiger partial charge in [-0.25, -0.2) is 17.6 Å². The zero-order valence-electron chi connectivity index (χ0n) is 18.0. The number of rotatable bonds is 5. The molecular weight excluding hydrogens is 414 g/mol. The molecule has 31 heavy (non-hydrogen) atoms. The zero-order chi connectivity index (χ0) is 23.0. The van der Waals surface area contributed by atoms with Crippen LogP contribution in [0.1, 0.15) is 58.4 Å². The molecule has 9 heteroatoms. The highest BCUT2D eigenvalue weighted by atomic mass is 19.3. The fraction of sp³-hybridized carbons (Fsp3) is 0.636. The van der Waals surface area contributed by atoms with E-state index in [9.17, 15) is 22.8 Å². The molecular formula is C22H29F4N3O2. The molecule has 2 aliphatic rings. The summed E-state index contributed by atoms with van der Waals surface area (Å²) in [6, 6.07) is 2.52. The normalized spacial score (nSPS) is 20.4. The summed E-state index contributed by atoms with van der Waals surface area (Å²) < 4.78 is 54.5. The number of likely N-dealkylation sites (tertiary alicyclic amines) is 1. The second-order valence-corrected chi connectivity index (χ2v) is 9.94. The Morgan fingerprint density at radius 3 is 2.26 bits per heavy atom. The molecule has 1 aromatic carbocycles. The van der Waals surface area contributed by atoms with Crippen LogP contribution in [0.4, 0.5) is 23.2 Å². The minimum Gasteiger partial charge on any atom is -0.350 e.